The Hall–Kier alpha value is -3.11. The van der Waals surface area contributed by atoms with Crippen LogP contribution in [0.15, 0.2) is 59.1 Å². The van der Waals surface area contributed by atoms with E-state index in [1.165, 1.54) is 39.9 Å². The molecule has 10 heteroatoms. The normalized spacial score (nSPS) is 10.9. The summed E-state index contributed by atoms with van der Waals surface area (Å²) in [6.45, 7) is 2.00. The van der Waals surface area contributed by atoms with E-state index in [2.05, 4.69) is 25.8 Å². The number of nitrogens with zero attached hydrogens (tertiary/aromatic N) is 5. The monoisotopic (exact) mass is 440 g/mol. The van der Waals surface area contributed by atoms with Gasteiger partial charge in [0, 0.05) is 16.8 Å². The van der Waals surface area contributed by atoms with Crippen molar-refractivity contribution >= 4 is 34.7 Å². The number of halogens is 1. The van der Waals surface area contributed by atoms with Gasteiger partial charge in [0.05, 0.1) is 17.8 Å². The van der Waals surface area contributed by atoms with Crippen LogP contribution >= 0.6 is 23.1 Å². The molecular weight excluding hydrogens is 423 g/mol. The van der Waals surface area contributed by atoms with Crippen molar-refractivity contribution in [3.8, 4) is 5.69 Å². The number of hydrogen-bond donors (Lipinski definition) is 1. The first-order valence-corrected chi connectivity index (χ1v) is 10.9. The van der Waals surface area contributed by atoms with Crippen molar-refractivity contribution in [2.75, 3.05) is 5.32 Å². The zero-order valence-corrected chi connectivity index (χ0v) is 17.6. The number of benzene rings is 2. The Labute approximate surface area is 180 Å². The van der Waals surface area contributed by atoms with E-state index in [4.69, 9.17) is 0 Å². The van der Waals surface area contributed by atoms with Crippen LogP contribution in [-0.4, -0.2) is 31.1 Å². The van der Waals surface area contributed by atoms with Crippen LogP contribution in [-0.2, 0) is 17.0 Å². The average Bonchev–Trinajstić information content (AvgIpc) is 3.37. The zero-order valence-electron chi connectivity index (χ0n) is 15.9. The van der Waals surface area contributed by atoms with Gasteiger partial charge < -0.3 is 5.32 Å². The number of carbonyl (C=O) groups excluding carboxylic acids is 1. The zero-order chi connectivity index (χ0) is 20.9. The van der Waals surface area contributed by atoms with Gasteiger partial charge in [-0.1, -0.05) is 35.5 Å². The molecule has 0 radical (unpaired) electrons. The summed E-state index contributed by atoms with van der Waals surface area (Å²) in [7, 11) is 0. The molecule has 30 heavy (non-hydrogen) atoms. The molecule has 0 aliphatic heterocycles. The van der Waals surface area contributed by atoms with Crippen LogP contribution in [0.3, 0.4) is 0 Å². The van der Waals surface area contributed by atoms with Crippen molar-refractivity contribution in [1.29, 1.82) is 0 Å². The van der Waals surface area contributed by atoms with Crippen LogP contribution in [0.4, 0.5) is 10.1 Å². The maximum absolute atomic E-state index is 13.5. The number of aryl methyl sites for hydroxylation is 1. The second kappa shape index (κ2) is 9.14. The van der Waals surface area contributed by atoms with E-state index in [1.807, 2.05) is 36.6 Å². The van der Waals surface area contributed by atoms with E-state index in [0.717, 1.165) is 22.0 Å². The molecule has 0 saturated heterocycles. The minimum atomic E-state index is -0.355. The van der Waals surface area contributed by atoms with Crippen LogP contribution in [0.2, 0.25) is 0 Å². The third-order valence-corrected chi connectivity index (χ3v) is 5.94. The molecule has 1 amide bonds. The quantitative estimate of drug-likeness (QED) is 0.437. The number of aromatic nitrogens is 5. The largest absolute Gasteiger partial charge is 0.326 e. The number of hydrogen-bond acceptors (Lipinski definition) is 7. The second-order valence-corrected chi connectivity index (χ2v) is 8.35. The minimum absolute atomic E-state index is 0.109. The first-order chi connectivity index (χ1) is 14.6. The van der Waals surface area contributed by atoms with Gasteiger partial charge in [-0.15, -0.1) is 16.4 Å². The maximum Gasteiger partial charge on any atom is 0.231 e. The van der Waals surface area contributed by atoms with Crippen LogP contribution in [0.5, 0.6) is 0 Å². The minimum Gasteiger partial charge on any atom is -0.326 e. The van der Waals surface area contributed by atoms with Gasteiger partial charge in [-0.2, -0.15) is 4.68 Å². The van der Waals surface area contributed by atoms with Crippen LogP contribution in [0.25, 0.3) is 5.69 Å². The molecule has 0 aliphatic carbocycles. The molecule has 2 aromatic heterocycles. The Kier molecular flexibility index (Phi) is 6.15. The highest BCUT2D eigenvalue weighted by Crippen LogP contribution is 2.24. The molecule has 7 nitrogen and oxygen atoms in total. The molecule has 0 fully saturated rings. The molecule has 0 bridgehead atoms. The van der Waals surface area contributed by atoms with E-state index < -0.39 is 0 Å². The molecule has 1 N–H and O–H groups in total. The van der Waals surface area contributed by atoms with Gasteiger partial charge in [0.25, 0.3) is 0 Å². The van der Waals surface area contributed by atoms with E-state index in [9.17, 15) is 9.18 Å². The Bertz CT molecular complexity index is 1160. The summed E-state index contributed by atoms with van der Waals surface area (Å²) in [6.07, 6.45) is 0.213. The Morgan fingerprint density at radius 1 is 1.23 bits per heavy atom. The molecule has 0 atom stereocenters. The molecule has 0 aliphatic rings. The van der Waals surface area contributed by atoms with Crippen molar-refractivity contribution < 1.29 is 9.18 Å². The van der Waals surface area contributed by atoms with Crippen molar-refractivity contribution in [2.45, 2.75) is 24.3 Å². The molecule has 4 rings (SSSR count). The molecule has 0 unspecified atom stereocenters. The summed E-state index contributed by atoms with van der Waals surface area (Å²) >= 11 is 2.83. The Balaban J connectivity index is 1.35. The fourth-order valence-corrected chi connectivity index (χ4v) is 4.33. The smallest absolute Gasteiger partial charge is 0.231 e. The lowest BCUT2D eigenvalue weighted by atomic mass is 10.2. The van der Waals surface area contributed by atoms with Gasteiger partial charge >= 0.3 is 0 Å². The van der Waals surface area contributed by atoms with Gasteiger partial charge in [-0.05, 0) is 47.7 Å². The van der Waals surface area contributed by atoms with Crippen LogP contribution < -0.4 is 5.32 Å². The van der Waals surface area contributed by atoms with E-state index in [1.54, 1.807) is 12.1 Å². The lowest BCUT2D eigenvalue weighted by Gasteiger charge is -2.04. The third-order valence-electron chi connectivity index (χ3n) is 4.09. The van der Waals surface area contributed by atoms with E-state index >= 15 is 0 Å². The van der Waals surface area contributed by atoms with Gasteiger partial charge in [0.2, 0.25) is 11.1 Å². The Morgan fingerprint density at radius 3 is 2.87 bits per heavy atom. The number of nitrogens with one attached hydrogen (secondary N) is 1. The fraction of sp³-hybridized carbons (Fsp3) is 0.150. The third kappa shape index (κ3) is 5.08. The van der Waals surface area contributed by atoms with Crippen molar-refractivity contribution in [2.24, 2.45) is 0 Å². The number of rotatable bonds is 7. The van der Waals surface area contributed by atoms with Gasteiger partial charge in [0.1, 0.15) is 10.8 Å². The van der Waals surface area contributed by atoms with Crippen molar-refractivity contribution in [3.05, 3.63) is 76.0 Å². The molecule has 0 spiro atoms. The SMILES string of the molecule is Cc1ccc(NC(=O)Cc2nc(CSc3nnnn3-c3cccc(F)c3)cs2)cc1. The number of thioether (sulfide) groups is 1. The molecule has 152 valence electrons. The molecule has 2 heterocycles. The predicted octanol–water partition coefficient (Wildman–Crippen LogP) is 4.04. The summed E-state index contributed by atoms with van der Waals surface area (Å²) in [6, 6.07) is 13.7. The Morgan fingerprint density at radius 2 is 2.07 bits per heavy atom. The van der Waals surface area contributed by atoms with Crippen molar-refractivity contribution in [3.63, 3.8) is 0 Å². The molecular formula is C20H17FN6OS2. The summed E-state index contributed by atoms with van der Waals surface area (Å²) in [4.78, 5) is 16.8. The topological polar surface area (TPSA) is 85.6 Å². The average molecular weight is 441 g/mol. The summed E-state index contributed by atoms with van der Waals surface area (Å²) in [5.41, 5.74) is 3.28. The van der Waals surface area contributed by atoms with Crippen LogP contribution in [0, 0.1) is 12.7 Å². The number of carbonyl (C=O) groups is 1. The summed E-state index contributed by atoms with van der Waals surface area (Å²) < 4.78 is 15.0. The van der Waals surface area contributed by atoms with Crippen molar-refractivity contribution in [1.82, 2.24) is 25.2 Å². The van der Waals surface area contributed by atoms with Gasteiger partial charge in [-0.3, -0.25) is 4.79 Å². The lowest BCUT2D eigenvalue weighted by molar-refractivity contribution is -0.115. The van der Waals surface area contributed by atoms with Crippen LogP contribution in [0.1, 0.15) is 16.3 Å². The first-order valence-electron chi connectivity index (χ1n) is 9.04. The molecule has 0 saturated carbocycles. The standard InChI is InChI=1S/C20H17FN6OS2/c1-13-5-7-15(8-6-13)22-18(28)10-19-23-16(11-29-19)12-30-20-24-25-26-27(20)17-4-2-3-14(21)9-17/h2-9,11H,10,12H2,1H3,(H,22,28). The summed E-state index contributed by atoms with van der Waals surface area (Å²) in [5, 5.41) is 17.7. The second-order valence-electron chi connectivity index (χ2n) is 6.47. The fourth-order valence-electron chi connectivity index (χ4n) is 2.65. The number of tetrazole rings is 1. The highest BCUT2D eigenvalue weighted by atomic mass is 32.2. The van der Waals surface area contributed by atoms with Gasteiger partial charge in [0.15, 0.2) is 0 Å². The van der Waals surface area contributed by atoms with E-state index in [0.29, 0.717) is 16.6 Å². The van der Waals surface area contributed by atoms with E-state index in [-0.39, 0.29) is 18.1 Å². The number of amides is 1. The highest BCUT2D eigenvalue weighted by Gasteiger charge is 2.13. The lowest BCUT2D eigenvalue weighted by Crippen LogP contribution is -2.14. The first kappa shape index (κ1) is 20.2. The molecule has 2 aromatic carbocycles. The van der Waals surface area contributed by atoms with Gasteiger partial charge in [-0.25, -0.2) is 9.37 Å². The highest BCUT2D eigenvalue weighted by molar-refractivity contribution is 7.98. The number of anilines is 1. The maximum atomic E-state index is 13.5. The molecule has 4 aromatic rings. The predicted molar refractivity (Wildman–Crippen MR) is 114 cm³/mol. The number of thiazole rings is 1. The summed E-state index contributed by atoms with van der Waals surface area (Å²) in [5.74, 6) is 0.0700.